The highest BCUT2D eigenvalue weighted by Gasteiger charge is 2.20. The van der Waals surface area contributed by atoms with Gasteiger partial charge in [-0.15, -0.1) is 0 Å². The van der Waals surface area contributed by atoms with E-state index < -0.39 is 0 Å². The largest absolute Gasteiger partial charge is 0.488 e. The van der Waals surface area contributed by atoms with Crippen LogP contribution in [-0.2, 0) is 6.61 Å². The normalized spacial score (nSPS) is 13.0. The number of hydrogen-bond donors (Lipinski definition) is 2. The molecular formula is C24H19BrN2O. The molecule has 0 amide bonds. The number of halogens is 1. The van der Waals surface area contributed by atoms with Gasteiger partial charge >= 0.3 is 0 Å². The summed E-state index contributed by atoms with van der Waals surface area (Å²) in [5.41, 5.74) is 4.60. The summed E-state index contributed by atoms with van der Waals surface area (Å²) in [7, 11) is 0. The fourth-order valence-corrected chi connectivity index (χ4v) is 4.16. The summed E-state index contributed by atoms with van der Waals surface area (Å²) in [4.78, 5) is 0. The Kier molecular flexibility index (Phi) is 4.41. The zero-order valence-electron chi connectivity index (χ0n) is 15.2. The lowest BCUT2D eigenvalue weighted by molar-refractivity contribution is 0.304. The summed E-state index contributed by atoms with van der Waals surface area (Å²) in [6.45, 7) is 0.550. The minimum atomic E-state index is -0.0000247. The Hall–Kier alpha value is -2.98. The van der Waals surface area contributed by atoms with Crippen LogP contribution in [-0.4, -0.2) is 0 Å². The number of nitrogens with one attached hydrogen (secondary N) is 2. The van der Waals surface area contributed by atoms with Crippen LogP contribution in [0.4, 0.5) is 11.4 Å². The molecule has 0 radical (unpaired) electrons. The van der Waals surface area contributed by atoms with Gasteiger partial charge in [-0.3, -0.25) is 0 Å². The van der Waals surface area contributed by atoms with E-state index in [0.29, 0.717) is 6.61 Å². The number of ether oxygens (including phenoxy) is 1. The van der Waals surface area contributed by atoms with Crippen LogP contribution in [0, 0.1) is 0 Å². The fraction of sp³-hybridized carbons (Fsp3) is 0.0833. The summed E-state index contributed by atoms with van der Waals surface area (Å²) >= 11 is 3.67. The van der Waals surface area contributed by atoms with Gasteiger partial charge in [-0.05, 0) is 56.7 Å². The summed E-state index contributed by atoms with van der Waals surface area (Å²) in [5, 5.41) is 9.69. The molecule has 0 atom stereocenters. The predicted octanol–water partition coefficient (Wildman–Crippen LogP) is 6.72. The Morgan fingerprint density at radius 3 is 2.18 bits per heavy atom. The molecule has 1 aliphatic heterocycles. The third-order valence-electron chi connectivity index (χ3n) is 5.03. The van der Waals surface area contributed by atoms with Gasteiger partial charge in [0.2, 0.25) is 0 Å². The SMILES string of the molecule is Brc1cc(C2Nc3cccc4cccc(c34)N2)ccc1OCc1ccccc1. The number of anilines is 2. The van der Waals surface area contributed by atoms with Crippen molar-refractivity contribution < 1.29 is 4.74 Å². The number of benzene rings is 4. The van der Waals surface area contributed by atoms with E-state index in [1.54, 1.807) is 0 Å². The van der Waals surface area contributed by atoms with Crippen LogP contribution in [0.3, 0.4) is 0 Å². The van der Waals surface area contributed by atoms with Gasteiger partial charge in [-0.25, -0.2) is 0 Å². The molecule has 0 saturated heterocycles. The van der Waals surface area contributed by atoms with E-state index >= 15 is 0 Å². The maximum atomic E-state index is 5.98. The van der Waals surface area contributed by atoms with E-state index in [4.69, 9.17) is 4.74 Å². The Bertz CT molecular complexity index is 1100. The van der Waals surface area contributed by atoms with Crippen molar-refractivity contribution in [1.82, 2.24) is 0 Å². The van der Waals surface area contributed by atoms with Crippen molar-refractivity contribution in [3.8, 4) is 5.75 Å². The van der Waals surface area contributed by atoms with Crippen LogP contribution in [0.25, 0.3) is 10.8 Å². The summed E-state index contributed by atoms with van der Waals surface area (Å²) < 4.78 is 6.93. The molecule has 1 heterocycles. The molecule has 4 heteroatoms. The molecule has 0 aliphatic carbocycles. The Morgan fingerprint density at radius 2 is 1.50 bits per heavy atom. The van der Waals surface area contributed by atoms with Crippen LogP contribution in [0.15, 0.2) is 89.4 Å². The first-order valence-corrected chi connectivity index (χ1v) is 10.1. The van der Waals surface area contributed by atoms with Crippen LogP contribution < -0.4 is 15.4 Å². The molecule has 0 saturated carbocycles. The zero-order chi connectivity index (χ0) is 18.9. The molecule has 4 aromatic carbocycles. The summed E-state index contributed by atoms with van der Waals surface area (Å²) in [6, 6.07) is 29.1. The topological polar surface area (TPSA) is 33.3 Å². The van der Waals surface area contributed by atoms with Crippen molar-refractivity contribution in [2.75, 3.05) is 10.6 Å². The molecule has 0 aromatic heterocycles. The average Bonchev–Trinajstić information content (AvgIpc) is 2.74. The molecule has 138 valence electrons. The Labute approximate surface area is 172 Å². The third-order valence-corrected chi connectivity index (χ3v) is 5.65. The lowest BCUT2D eigenvalue weighted by Crippen LogP contribution is -2.23. The second-order valence-electron chi connectivity index (χ2n) is 6.90. The van der Waals surface area contributed by atoms with Crippen molar-refractivity contribution in [3.05, 3.63) is 101 Å². The molecule has 0 fully saturated rings. The maximum absolute atomic E-state index is 5.98. The van der Waals surface area contributed by atoms with Crippen LogP contribution in [0.1, 0.15) is 17.3 Å². The molecular weight excluding hydrogens is 412 g/mol. The standard InChI is InChI=1S/C24H19BrN2O/c25-19-14-18(12-13-22(19)28-15-16-6-2-1-3-7-16)24-26-20-10-4-8-17-9-5-11-21(27-24)23(17)20/h1-14,24,26-27H,15H2. The van der Waals surface area contributed by atoms with Gasteiger partial charge in [0.15, 0.2) is 0 Å². The first-order chi connectivity index (χ1) is 13.8. The Balaban J connectivity index is 1.38. The number of hydrogen-bond acceptors (Lipinski definition) is 3. The van der Waals surface area contributed by atoms with Gasteiger partial charge in [0, 0.05) is 16.8 Å². The van der Waals surface area contributed by atoms with E-state index in [0.717, 1.165) is 32.7 Å². The van der Waals surface area contributed by atoms with E-state index in [1.807, 2.05) is 24.3 Å². The molecule has 4 aromatic rings. The molecule has 3 nitrogen and oxygen atoms in total. The van der Waals surface area contributed by atoms with Crippen molar-refractivity contribution >= 4 is 38.1 Å². The smallest absolute Gasteiger partial charge is 0.134 e. The minimum absolute atomic E-state index is 0.0000247. The van der Waals surface area contributed by atoms with Crippen molar-refractivity contribution in [1.29, 1.82) is 0 Å². The lowest BCUT2D eigenvalue weighted by Gasteiger charge is -2.30. The lowest BCUT2D eigenvalue weighted by atomic mass is 10.0. The second-order valence-corrected chi connectivity index (χ2v) is 7.75. The van der Waals surface area contributed by atoms with Gasteiger partial charge in [-0.1, -0.05) is 60.7 Å². The van der Waals surface area contributed by atoms with Gasteiger partial charge < -0.3 is 15.4 Å². The van der Waals surface area contributed by atoms with E-state index in [1.165, 1.54) is 10.8 Å². The molecule has 5 rings (SSSR count). The predicted molar refractivity (Wildman–Crippen MR) is 119 cm³/mol. The zero-order valence-corrected chi connectivity index (χ0v) is 16.7. The second kappa shape index (κ2) is 7.21. The number of rotatable bonds is 4. The first-order valence-electron chi connectivity index (χ1n) is 9.29. The molecule has 0 unspecified atom stereocenters. The van der Waals surface area contributed by atoms with Gasteiger partial charge in [0.1, 0.15) is 18.5 Å². The highest BCUT2D eigenvalue weighted by atomic mass is 79.9. The van der Waals surface area contributed by atoms with E-state index in [-0.39, 0.29) is 6.17 Å². The minimum Gasteiger partial charge on any atom is -0.488 e. The molecule has 1 aliphatic rings. The van der Waals surface area contributed by atoms with Gasteiger partial charge in [-0.2, -0.15) is 0 Å². The van der Waals surface area contributed by atoms with E-state index in [2.05, 4.69) is 87.2 Å². The molecule has 0 spiro atoms. The van der Waals surface area contributed by atoms with Crippen molar-refractivity contribution in [3.63, 3.8) is 0 Å². The molecule has 2 N–H and O–H groups in total. The van der Waals surface area contributed by atoms with Crippen molar-refractivity contribution in [2.45, 2.75) is 12.8 Å². The summed E-state index contributed by atoms with van der Waals surface area (Å²) in [6.07, 6.45) is -0.0000247. The van der Waals surface area contributed by atoms with Crippen molar-refractivity contribution in [2.24, 2.45) is 0 Å². The van der Waals surface area contributed by atoms with Crippen LogP contribution >= 0.6 is 15.9 Å². The van der Waals surface area contributed by atoms with Gasteiger partial charge in [0.25, 0.3) is 0 Å². The fourth-order valence-electron chi connectivity index (χ4n) is 3.64. The monoisotopic (exact) mass is 430 g/mol. The molecule has 28 heavy (non-hydrogen) atoms. The van der Waals surface area contributed by atoms with E-state index in [9.17, 15) is 0 Å². The summed E-state index contributed by atoms with van der Waals surface area (Å²) in [5.74, 6) is 0.839. The van der Waals surface area contributed by atoms with Crippen LogP contribution in [0.5, 0.6) is 5.75 Å². The third kappa shape index (κ3) is 3.20. The molecule has 0 bridgehead atoms. The average molecular weight is 431 g/mol. The highest BCUT2D eigenvalue weighted by Crippen LogP contribution is 2.39. The first kappa shape index (κ1) is 17.1. The Morgan fingerprint density at radius 1 is 0.786 bits per heavy atom. The maximum Gasteiger partial charge on any atom is 0.134 e. The quantitative estimate of drug-likeness (QED) is 0.377. The van der Waals surface area contributed by atoms with Crippen LogP contribution in [0.2, 0.25) is 0 Å². The van der Waals surface area contributed by atoms with Gasteiger partial charge in [0.05, 0.1) is 4.47 Å². The highest BCUT2D eigenvalue weighted by molar-refractivity contribution is 9.10.